The van der Waals surface area contributed by atoms with Gasteiger partial charge in [-0.3, -0.25) is 0 Å². The molecule has 0 bridgehead atoms. The van der Waals surface area contributed by atoms with Crippen LogP contribution < -0.4 is 10.1 Å². The number of nitrogens with one attached hydrogen (secondary N) is 1. The molecule has 10 nitrogen and oxygen atoms in total. The van der Waals surface area contributed by atoms with Gasteiger partial charge < -0.3 is 24.1 Å². The summed E-state index contributed by atoms with van der Waals surface area (Å²) in [5.74, 6) is 1.63. The van der Waals surface area contributed by atoms with Gasteiger partial charge in [-0.25, -0.2) is 23.2 Å². The number of fused-ring (bicyclic) bond motifs is 1. The Morgan fingerprint density at radius 2 is 1.78 bits per heavy atom. The van der Waals surface area contributed by atoms with Gasteiger partial charge in [0, 0.05) is 44.0 Å². The van der Waals surface area contributed by atoms with E-state index in [1.165, 1.54) is 18.3 Å². The van der Waals surface area contributed by atoms with Crippen molar-refractivity contribution in [2.45, 2.75) is 88.2 Å². The maximum Gasteiger partial charge on any atom is 0.407 e. The zero-order valence-electron chi connectivity index (χ0n) is 24.9. The number of hydrogen-bond donors (Lipinski definition) is 1. The van der Waals surface area contributed by atoms with Crippen LogP contribution in [0.15, 0.2) is 46.3 Å². The summed E-state index contributed by atoms with van der Waals surface area (Å²) in [6.45, 7) is 14.7. The first-order valence-electron chi connectivity index (χ1n) is 14.1. The highest BCUT2D eigenvalue weighted by Crippen LogP contribution is 2.32. The molecule has 3 heterocycles. The lowest BCUT2D eigenvalue weighted by Crippen LogP contribution is -2.33. The Kier molecular flexibility index (Phi) is 9.28. The molecule has 41 heavy (non-hydrogen) atoms. The van der Waals surface area contributed by atoms with Crippen LogP contribution in [0.5, 0.6) is 5.88 Å². The van der Waals surface area contributed by atoms with E-state index >= 15 is 0 Å². The molecule has 1 aliphatic heterocycles. The second kappa shape index (κ2) is 12.4. The quantitative estimate of drug-likeness (QED) is 0.336. The minimum absolute atomic E-state index is 0.0893. The molecule has 1 saturated heterocycles. The molecule has 4 rings (SSSR count). The molecule has 1 aliphatic rings. The van der Waals surface area contributed by atoms with E-state index in [4.69, 9.17) is 19.2 Å². The Bertz CT molecular complexity index is 1460. The maximum absolute atomic E-state index is 13.6. The predicted octanol–water partition coefficient (Wildman–Crippen LogP) is 5.28. The number of pyridine rings is 1. The van der Waals surface area contributed by atoms with Crippen molar-refractivity contribution in [2.75, 3.05) is 26.4 Å². The lowest BCUT2D eigenvalue weighted by Gasteiger charge is -2.26. The second-order valence-corrected chi connectivity index (χ2v) is 14.4. The van der Waals surface area contributed by atoms with Crippen molar-refractivity contribution in [1.29, 1.82) is 0 Å². The van der Waals surface area contributed by atoms with Crippen LogP contribution in [0.2, 0.25) is 0 Å². The fourth-order valence-electron chi connectivity index (χ4n) is 4.75. The number of benzene rings is 1. The number of carbonyl (C=O) groups excluding carboxylic acids is 1. The van der Waals surface area contributed by atoms with Gasteiger partial charge in [-0.1, -0.05) is 20.8 Å². The van der Waals surface area contributed by atoms with Gasteiger partial charge >= 0.3 is 6.09 Å². The minimum Gasteiger partial charge on any atom is -0.478 e. The van der Waals surface area contributed by atoms with E-state index in [0.717, 1.165) is 43.9 Å². The molecule has 0 unspecified atom stereocenters. The van der Waals surface area contributed by atoms with Gasteiger partial charge in [0.05, 0.1) is 27.4 Å². The van der Waals surface area contributed by atoms with Crippen molar-refractivity contribution >= 4 is 27.0 Å². The first kappa shape index (κ1) is 30.8. The number of nitrogens with zero attached hydrogens (tertiary/aromatic N) is 3. The molecule has 1 N–H and O–H groups in total. The number of carbonyl (C=O) groups is 1. The van der Waals surface area contributed by atoms with E-state index in [0.29, 0.717) is 24.4 Å². The van der Waals surface area contributed by atoms with Gasteiger partial charge in [-0.2, -0.15) is 0 Å². The summed E-state index contributed by atoms with van der Waals surface area (Å²) in [5, 5.41) is 2.66. The Hall–Kier alpha value is -3.18. The number of hydrogen-bond acceptors (Lipinski definition) is 8. The number of rotatable bonds is 9. The van der Waals surface area contributed by atoms with Crippen LogP contribution in [0, 0.1) is 5.92 Å². The van der Waals surface area contributed by atoms with E-state index in [9.17, 15) is 13.2 Å². The standard InChI is InChI=1S/C30H42N4O6S/c1-29(2,3)27-33-24-18-22(8-9-25(24)34(27)20-21-11-16-38-17-12-21)41(36,37)23-10-14-31-26(19-23)39-15-7-13-32-28(35)40-30(4,5)6/h8-10,14,18-19,21H,7,11-13,15-17,20H2,1-6H3,(H,32,35). The minimum atomic E-state index is -3.84. The zero-order valence-corrected chi connectivity index (χ0v) is 25.7. The third-order valence-corrected chi connectivity index (χ3v) is 8.49. The smallest absolute Gasteiger partial charge is 0.407 e. The lowest BCUT2D eigenvalue weighted by molar-refractivity contribution is 0.0525. The Labute approximate surface area is 242 Å². The van der Waals surface area contributed by atoms with E-state index in [2.05, 4.69) is 35.6 Å². The summed E-state index contributed by atoms with van der Waals surface area (Å²) in [6.07, 6.45) is 3.43. The van der Waals surface area contributed by atoms with Crippen LogP contribution in [0.25, 0.3) is 11.0 Å². The molecule has 0 spiro atoms. The fraction of sp³-hybridized carbons (Fsp3) is 0.567. The van der Waals surface area contributed by atoms with Crippen molar-refractivity contribution < 1.29 is 27.4 Å². The highest BCUT2D eigenvalue weighted by atomic mass is 32.2. The van der Waals surface area contributed by atoms with Crippen LogP contribution in [0.4, 0.5) is 4.79 Å². The number of aromatic nitrogens is 3. The molecule has 1 amide bonds. The highest BCUT2D eigenvalue weighted by molar-refractivity contribution is 7.91. The molecule has 0 saturated carbocycles. The van der Waals surface area contributed by atoms with Crippen LogP contribution in [-0.4, -0.2) is 61.0 Å². The Morgan fingerprint density at radius 1 is 1.07 bits per heavy atom. The molecule has 11 heteroatoms. The Balaban J connectivity index is 1.48. The second-order valence-electron chi connectivity index (χ2n) is 12.5. The third-order valence-electron chi connectivity index (χ3n) is 6.74. The van der Waals surface area contributed by atoms with Gasteiger partial charge in [0.25, 0.3) is 0 Å². The van der Waals surface area contributed by atoms with Gasteiger partial charge in [0.2, 0.25) is 15.7 Å². The van der Waals surface area contributed by atoms with Crippen LogP contribution in [0.1, 0.15) is 66.6 Å². The van der Waals surface area contributed by atoms with Gasteiger partial charge in [0.15, 0.2) is 0 Å². The van der Waals surface area contributed by atoms with E-state index in [1.807, 2.05) is 6.07 Å². The summed E-state index contributed by atoms with van der Waals surface area (Å²) in [6, 6.07) is 8.05. The molecule has 3 aromatic rings. The molecule has 2 aromatic heterocycles. The largest absolute Gasteiger partial charge is 0.478 e. The molecule has 0 aliphatic carbocycles. The molecular weight excluding hydrogens is 544 g/mol. The zero-order chi connectivity index (χ0) is 29.8. The summed E-state index contributed by atoms with van der Waals surface area (Å²) >= 11 is 0. The van der Waals surface area contributed by atoms with Crippen LogP contribution in [-0.2, 0) is 31.3 Å². The number of amides is 1. The van der Waals surface area contributed by atoms with Gasteiger partial charge in [-0.15, -0.1) is 0 Å². The van der Waals surface area contributed by atoms with E-state index in [-0.39, 0.29) is 27.7 Å². The highest BCUT2D eigenvalue weighted by Gasteiger charge is 2.27. The van der Waals surface area contributed by atoms with Gasteiger partial charge in [0.1, 0.15) is 11.4 Å². The van der Waals surface area contributed by atoms with E-state index < -0.39 is 21.5 Å². The number of imidazole rings is 1. The molecule has 0 radical (unpaired) electrons. The van der Waals surface area contributed by atoms with Crippen molar-refractivity contribution in [3.63, 3.8) is 0 Å². The summed E-state index contributed by atoms with van der Waals surface area (Å²) in [7, 11) is -3.84. The number of ether oxygens (including phenoxy) is 3. The van der Waals surface area contributed by atoms with Crippen LogP contribution in [0.3, 0.4) is 0 Å². The van der Waals surface area contributed by atoms with Crippen molar-refractivity contribution in [3.05, 3.63) is 42.4 Å². The third kappa shape index (κ3) is 7.97. The topological polar surface area (TPSA) is 122 Å². The molecular formula is C30H42N4O6S. The number of sulfone groups is 1. The normalized spacial score (nSPS) is 15.2. The molecule has 1 aromatic carbocycles. The molecule has 1 fully saturated rings. The van der Waals surface area contributed by atoms with Crippen molar-refractivity contribution in [1.82, 2.24) is 19.9 Å². The van der Waals surface area contributed by atoms with Crippen LogP contribution >= 0.6 is 0 Å². The monoisotopic (exact) mass is 586 g/mol. The van der Waals surface area contributed by atoms with E-state index in [1.54, 1.807) is 32.9 Å². The SMILES string of the molecule is CC(C)(C)OC(=O)NCCCOc1cc(S(=O)(=O)c2ccc3c(c2)nc(C(C)(C)C)n3CC2CCOCC2)ccn1. The molecule has 224 valence electrons. The average molecular weight is 587 g/mol. The van der Waals surface area contributed by atoms with Crippen molar-refractivity contribution in [2.24, 2.45) is 5.92 Å². The first-order valence-corrected chi connectivity index (χ1v) is 15.6. The van der Waals surface area contributed by atoms with Gasteiger partial charge in [-0.05, 0) is 70.2 Å². The fourth-order valence-corrected chi connectivity index (χ4v) is 6.03. The maximum atomic E-state index is 13.6. The first-order chi connectivity index (χ1) is 19.2. The van der Waals surface area contributed by atoms with Crippen molar-refractivity contribution in [3.8, 4) is 5.88 Å². The Morgan fingerprint density at radius 3 is 2.46 bits per heavy atom. The molecule has 0 atom stereocenters. The lowest BCUT2D eigenvalue weighted by atomic mass is 9.94. The summed E-state index contributed by atoms with van der Waals surface area (Å²) in [5.41, 5.74) is 0.814. The summed E-state index contributed by atoms with van der Waals surface area (Å²) < 4.78 is 45.9. The number of alkyl carbamates (subject to hydrolysis) is 1. The average Bonchev–Trinajstić information content (AvgIpc) is 3.26. The predicted molar refractivity (Wildman–Crippen MR) is 156 cm³/mol. The summed E-state index contributed by atoms with van der Waals surface area (Å²) in [4.78, 5) is 21.1.